The van der Waals surface area contributed by atoms with Crippen LogP contribution in [-0.4, -0.2) is 19.8 Å². The average Bonchev–Trinajstić information content (AvgIpc) is 2.34. The molecule has 112 valence electrons. The summed E-state index contributed by atoms with van der Waals surface area (Å²) in [5, 5.41) is 3.41. The van der Waals surface area contributed by atoms with Gasteiger partial charge in [0.15, 0.2) is 0 Å². The van der Waals surface area contributed by atoms with Crippen molar-refractivity contribution < 1.29 is 9.47 Å². The summed E-state index contributed by atoms with van der Waals surface area (Å²) >= 11 is 0. The third-order valence-corrected chi connectivity index (χ3v) is 3.93. The summed E-state index contributed by atoms with van der Waals surface area (Å²) in [5.41, 5.74) is 2.27. The molecular weight excluding hydrogens is 250 g/mol. The zero-order valence-electron chi connectivity index (χ0n) is 13.8. The average molecular weight is 277 g/mol. The number of methoxy groups -OCH3 is 1. The maximum atomic E-state index is 6.31. The fourth-order valence-corrected chi connectivity index (χ4v) is 2.85. The fourth-order valence-electron chi connectivity index (χ4n) is 2.85. The fraction of sp³-hybridized carbons (Fsp3) is 0.647. The molecule has 1 heterocycles. The van der Waals surface area contributed by atoms with Crippen molar-refractivity contribution in [2.24, 2.45) is 0 Å². The maximum Gasteiger partial charge on any atom is 0.128 e. The normalized spacial score (nSPS) is 21.1. The number of hydrogen-bond acceptors (Lipinski definition) is 3. The van der Waals surface area contributed by atoms with Crippen molar-refractivity contribution in [3.05, 3.63) is 23.3 Å². The minimum atomic E-state index is -0.157. The van der Waals surface area contributed by atoms with E-state index in [4.69, 9.17) is 9.47 Å². The highest BCUT2D eigenvalue weighted by Crippen LogP contribution is 2.46. The Morgan fingerprint density at radius 3 is 2.45 bits per heavy atom. The molecule has 3 heteroatoms. The van der Waals surface area contributed by atoms with Gasteiger partial charge in [-0.3, -0.25) is 0 Å². The van der Waals surface area contributed by atoms with Crippen LogP contribution in [0.3, 0.4) is 0 Å². The highest BCUT2D eigenvalue weighted by atomic mass is 16.5. The van der Waals surface area contributed by atoms with Crippen molar-refractivity contribution in [3.63, 3.8) is 0 Å². The predicted octanol–water partition coefficient (Wildman–Crippen LogP) is 3.81. The summed E-state index contributed by atoms with van der Waals surface area (Å²) in [6.07, 6.45) is 0.952. The van der Waals surface area contributed by atoms with Crippen LogP contribution in [0.15, 0.2) is 12.1 Å². The van der Waals surface area contributed by atoms with E-state index >= 15 is 0 Å². The molecule has 1 aliphatic rings. The van der Waals surface area contributed by atoms with Gasteiger partial charge in [-0.15, -0.1) is 0 Å². The van der Waals surface area contributed by atoms with Crippen molar-refractivity contribution in [2.75, 3.05) is 14.2 Å². The smallest absolute Gasteiger partial charge is 0.128 e. The molecule has 20 heavy (non-hydrogen) atoms. The molecule has 1 atom stereocenters. The van der Waals surface area contributed by atoms with Crippen molar-refractivity contribution in [2.45, 2.75) is 58.1 Å². The Hall–Kier alpha value is -1.22. The molecule has 0 aromatic heterocycles. The molecule has 3 nitrogen and oxygen atoms in total. The van der Waals surface area contributed by atoms with Crippen LogP contribution in [0.2, 0.25) is 0 Å². The molecule has 1 unspecified atom stereocenters. The van der Waals surface area contributed by atoms with Crippen LogP contribution in [-0.2, 0) is 5.41 Å². The lowest BCUT2D eigenvalue weighted by atomic mass is 9.81. The molecule has 0 aliphatic carbocycles. The third-order valence-electron chi connectivity index (χ3n) is 3.93. The lowest BCUT2D eigenvalue weighted by Crippen LogP contribution is -2.39. The monoisotopic (exact) mass is 277 g/mol. The molecule has 1 N–H and O–H groups in total. The maximum absolute atomic E-state index is 6.31. The van der Waals surface area contributed by atoms with Crippen LogP contribution in [0.1, 0.15) is 58.2 Å². The van der Waals surface area contributed by atoms with E-state index in [0.29, 0.717) is 6.04 Å². The molecule has 0 fully saturated rings. The van der Waals surface area contributed by atoms with Gasteiger partial charge in [-0.1, -0.05) is 20.8 Å². The quantitative estimate of drug-likeness (QED) is 0.891. The third kappa shape index (κ3) is 2.78. The van der Waals surface area contributed by atoms with E-state index < -0.39 is 0 Å². The van der Waals surface area contributed by atoms with E-state index in [1.807, 2.05) is 7.05 Å². The number of benzene rings is 1. The van der Waals surface area contributed by atoms with Crippen LogP contribution in [0.25, 0.3) is 0 Å². The van der Waals surface area contributed by atoms with Gasteiger partial charge < -0.3 is 14.8 Å². The first-order valence-electron chi connectivity index (χ1n) is 7.26. The second-order valence-electron chi connectivity index (χ2n) is 7.25. The second-order valence-corrected chi connectivity index (χ2v) is 7.25. The SMILES string of the molecule is CNC1CC(C)(C)Oc2c1cc(OC)cc2C(C)(C)C. The number of ether oxygens (including phenoxy) is 2. The standard InChI is InChI=1S/C17H27NO2/c1-16(2,3)13-9-11(19-7)8-12-14(18-6)10-17(4,5)20-15(12)13/h8-9,14,18H,10H2,1-7H3. The largest absolute Gasteiger partial charge is 0.497 e. The molecule has 0 spiro atoms. The Morgan fingerprint density at radius 1 is 1.30 bits per heavy atom. The van der Waals surface area contributed by atoms with Gasteiger partial charge >= 0.3 is 0 Å². The summed E-state index contributed by atoms with van der Waals surface area (Å²) in [5.74, 6) is 1.92. The minimum absolute atomic E-state index is 0.0182. The Morgan fingerprint density at radius 2 is 1.95 bits per heavy atom. The number of nitrogens with one attached hydrogen (secondary N) is 1. The van der Waals surface area contributed by atoms with Gasteiger partial charge in [0, 0.05) is 23.6 Å². The molecular formula is C17H27NO2. The summed E-state index contributed by atoms with van der Waals surface area (Å²) in [6, 6.07) is 4.50. The Labute approximate surface area is 122 Å². The topological polar surface area (TPSA) is 30.5 Å². The number of fused-ring (bicyclic) bond motifs is 1. The lowest BCUT2D eigenvalue weighted by Gasteiger charge is -2.40. The molecule has 0 bridgehead atoms. The van der Waals surface area contributed by atoms with E-state index in [1.165, 1.54) is 11.1 Å². The molecule has 0 radical (unpaired) electrons. The first kappa shape index (κ1) is 15.2. The van der Waals surface area contributed by atoms with Gasteiger partial charge in [0.1, 0.15) is 17.1 Å². The van der Waals surface area contributed by atoms with Gasteiger partial charge in [-0.2, -0.15) is 0 Å². The van der Waals surface area contributed by atoms with Crippen molar-refractivity contribution >= 4 is 0 Å². The summed E-state index contributed by atoms with van der Waals surface area (Å²) in [6.45, 7) is 10.9. The van der Waals surface area contributed by atoms with E-state index in [1.54, 1.807) is 7.11 Å². The first-order valence-corrected chi connectivity index (χ1v) is 7.26. The van der Waals surface area contributed by atoms with Crippen LogP contribution < -0.4 is 14.8 Å². The minimum Gasteiger partial charge on any atom is -0.497 e. The Bertz CT molecular complexity index is 500. The van der Waals surface area contributed by atoms with E-state index in [0.717, 1.165) is 17.9 Å². The van der Waals surface area contributed by atoms with Crippen LogP contribution >= 0.6 is 0 Å². The summed E-state index contributed by atoms with van der Waals surface area (Å²) in [7, 11) is 3.72. The van der Waals surface area contributed by atoms with E-state index in [-0.39, 0.29) is 11.0 Å². The number of hydrogen-bond donors (Lipinski definition) is 1. The van der Waals surface area contributed by atoms with Crippen LogP contribution in [0.5, 0.6) is 11.5 Å². The predicted molar refractivity (Wildman–Crippen MR) is 82.8 cm³/mol. The van der Waals surface area contributed by atoms with Gasteiger partial charge in [0.25, 0.3) is 0 Å². The van der Waals surface area contributed by atoms with Gasteiger partial charge in [-0.25, -0.2) is 0 Å². The van der Waals surface area contributed by atoms with Gasteiger partial charge in [-0.05, 0) is 38.4 Å². The van der Waals surface area contributed by atoms with Crippen molar-refractivity contribution in [1.82, 2.24) is 5.32 Å². The van der Waals surface area contributed by atoms with Gasteiger partial charge in [0.2, 0.25) is 0 Å². The van der Waals surface area contributed by atoms with Crippen LogP contribution in [0.4, 0.5) is 0 Å². The van der Waals surface area contributed by atoms with Crippen molar-refractivity contribution in [1.29, 1.82) is 0 Å². The molecule has 1 aromatic rings. The van der Waals surface area contributed by atoms with Gasteiger partial charge in [0.05, 0.1) is 7.11 Å². The molecule has 2 rings (SSSR count). The second kappa shape index (κ2) is 4.96. The van der Waals surface area contributed by atoms with Crippen LogP contribution in [0, 0.1) is 0 Å². The Balaban J connectivity index is 2.66. The molecule has 0 saturated heterocycles. The van der Waals surface area contributed by atoms with E-state index in [9.17, 15) is 0 Å². The van der Waals surface area contributed by atoms with Crippen molar-refractivity contribution in [3.8, 4) is 11.5 Å². The van der Waals surface area contributed by atoms with E-state index in [2.05, 4.69) is 52.1 Å². The zero-order valence-corrected chi connectivity index (χ0v) is 13.8. The molecule has 0 amide bonds. The number of rotatable bonds is 2. The zero-order chi connectivity index (χ0) is 15.1. The lowest BCUT2D eigenvalue weighted by molar-refractivity contribution is 0.0648. The molecule has 0 saturated carbocycles. The first-order chi connectivity index (χ1) is 9.18. The summed E-state index contributed by atoms with van der Waals surface area (Å²) < 4.78 is 11.8. The Kier molecular flexibility index (Phi) is 3.76. The highest BCUT2D eigenvalue weighted by Gasteiger charge is 2.36. The highest BCUT2D eigenvalue weighted by molar-refractivity contribution is 5.53. The summed E-state index contributed by atoms with van der Waals surface area (Å²) in [4.78, 5) is 0. The molecule has 1 aliphatic heterocycles. The molecule has 1 aromatic carbocycles.